The first-order chi connectivity index (χ1) is 16.8. The van der Waals surface area contributed by atoms with Gasteiger partial charge in [-0.05, 0) is 60.2 Å². The summed E-state index contributed by atoms with van der Waals surface area (Å²) in [5.74, 6) is -1.40. The van der Waals surface area contributed by atoms with Crippen molar-refractivity contribution in [1.29, 1.82) is 0 Å². The standard InChI is InChI=1S/C25H15Cl2N3O3S2/c26-16-9-5-14(6-10-16)13-29-19-4-2-1-3-18(19)20(23(29)32)21-24(33)30(25(34)35-21)28-22(31)15-7-11-17(27)12-8-15/h1-12H,13H2,(H,28,31)/b21-20-. The van der Waals surface area contributed by atoms with Crippen LogP contribution in [0.2, 0.25) is 10.0 Å². The molecule has 2 aliphatic rings. The molecule has 5 rings (SSSR count). The second kappa shape index (κ2) is 9.47. The minimum atomic E-state index is -0.561. The topological polar surface area (TPSA) is 69.7 Å². The summed E-state index contributed by atoms with van der Waals surface area (Å²) in [6.45, 7) is 0.310. The molecule has 3 aromatic rings. The lowest BCUT2D eigenvalue weighted by atomic mass is 10.1. The van der Waals surface area contributed by atoms with Crippen molar-refractivity contribution in [3.05, 3.63) is 104 Å². The van der Waals surface area contributed by atoms with Crippen LogP contribution in [0.25, 0.3) is 5.57 Å². The first-order valence-electron chi connectivity index (χ1n) is 10.4. The van der Waals surface area contributed by atoms with Crippen molar-refractivity contribution in [2.45, 2.75) is 6.54 Å². The van der Waals surface area contributed by atoms with E-state index in [2.05, 4.69) is 5.43 Å². The first-order valence-corrected chi connectivity index (χ1v) is 12.3. The fourth-order valence-electron chi connectivity index (χ4n) is 3.81. The monoisotopic (exact) mass is 539 g/mol. The zero-order valence-corrected chi connectivity index (χ0v) is 21.0. The number of thioether (sulfide) groups is 1. The molecular formula is C25H15Cl2N3O3S2. The molecule has 0 saturated carbocycles. The Kier molecular flexibility index (Phi) is 6.37. The third-order valence-electron chi connectivity index (χ3n) is 5.49. The Balaban J connectivity index is 1.46. The van der Waals surface area contributed by atoms with Crippen LogP contribution in [-0.2, 0) is 16.1 Å². The highest BCUT2D eigenvalue weighted by Crippen LogP contribution is 2.44. The second-order valence-electron chi connectivity index (χ2n) is 7.70. The van der Waals surface area contributed by atoms with Crippen molar-refractivity contribution in [2.24, 2.45) is 0 Å². The number of nitrogens with one attached hydrogen (secondary N) is 1. The number of benzene rings is 3. The molecule has 0 spiro atoms. The number of carbonyl (C=O) groups is 3. The SMILES string of the molecule is O=C(NN1C(=O)/C(=C2/C(=O)N(Cc3ccc(Cl)cc3)c3ccccc32)SC1=S)c1ccc(Cl)cc1. The molecule has 10 heteroatoms. The molecule has 1 fully saturated rings. The van der Waals surface area contributed by atoms with E-state index in [1.165, 1.54) is 0 Å². The van der Waals surface area contributed by atoms with Gasteiger partial charge in [-0.25, -0.2) is 0 Å². The number of carbonyl (C=O) groups excluding carboxylic acids is 3. The number of hydrazine groups is 1. The fourth-order valence-corrected chi connectivity index (χ4v) is 5.31. The third-order valence-corrected chi connectivity index (χ3v) is 7.37. The number of hydrogen-bond donors (Lipinski definition) is 1. The summed E-state index contributed by atoms with van der Waals surface area (Å²) in [4.78, 5) is 41.3. The van der Waals surface area contributed by atoms with Crippen LogP contribution in [-0.4, -0.2) is 27.1 Å². The average Bonchev–Trinajstić information content (AvgIpc) is 3.28. The summed E-state index contributed by atoms with van der Waals surface area (Å²) in [6, 6.07) is 20.7. The molecule has 35 heavy (non-hydrogen) atoms. The van der Waals surface area contributed by atoms with Crippen molar-refractivity contribution < 1.29 is 14.4 Å². The normalized spacial score (nSPS) is 17.3. The van der Waals surface area contributed by atoms with Crippen LogP contribution in [0, 0.1) is 0 Å². The van der Waals surface area contributed by atoms with Crippen molar-refractivity contribution in [3.8, 4) is 0 Å². The van der Waals surface area contributed by atoms with E-state index in [0.717, 1.165) is 22.3 Å². The summed E-state index contributed by atoms with van der Waals surface area (Å²) in [6.07, 6.45) is 0. The van der Waals surface area contributed by atoms with Gasteiger partial charge >= 0.3 is 0 Å². The average molecular weight is 540 g/mol. The number of anilines is 1. The Labute approximate surface area is 220 Å². The second-order valence-corrected chi connectivity index (χ2v) is 10.2. The van der Waals surface area contributed by atoms with Gasteiger partial charge in [0.25, 0.3) is 17.7 Å². The molecule has 3 amide bonds. The number of fused-ring (bicyclic) bond motifs is 1. The molecule has 3 aromatic carbocycles. The highest BCUT2D eigenvalue weighted by atomic mass is 35.5. The third kappa shape index (κ3) is 4.46. The first kappa shape index (κ1) is 23.6. The summed E-state index contributed by atoms with van der Waals surface area (Å²) in [7, 11) is 0. The Bertz CT molecular complexity index is 1420. The molecule has 0 unspecified atom stereocenters. The lowest BCUT2D eigenvalue weighted by molar-refractivity contribution is -0.124. The zero-order chi connectivity index (χ0) is 24.7. The number of thiocarbonyl (C=S) groups is 1. The van der Waals surface area contributed by atoms with Crippen LogP contribution < -0.4 is 10.3 Å². The largest absolute Gasteiger partial charge is 0.303 e. The molecule has 2 heterocycles. The smallest absolute Gasteiger partial charge is 0.286 e. The van der Waals surface area contributed by atoms with E-state index in [0.29, 0.717) is 33.4 Å². The zero-order valence-electron chi connectivity index (χ0n) is 17.8. The van der Waals surface area contributed by atoms with Gasteiger partial charge in [-0.1, -0.05) is 65.3 Å². The lowest BCUT2D eigenvalue weighted by Gasteiger charge is -2.17. The summed E-state index contributed by atoms with van der Waals surface area (Å²) >= 11 is 18.2. The molecule has 1 N–H and O–H groups in total. The Hall–Kier alpha value is -3.17. The molecule has 174 valence electrons. The Morgan fingerprint density at radius 2 is 1.51 bits per heavy atom. The lowest BCUT2D eigenvalue weighted by Crippen LogP contribution is -2.45. The van der Waals surface area contributed by atoms with Crippen molar-refractivity contribution in [1.82, 2.24) is 10.4 Å². The van der Waals surface area contributed by atoms with E-state index in [1.807, 2.05) is 24.3 Å². The van der Waals surface area contributed by atoms with Crippen LogP contribution in [0.5, 0.6) is 0 Å². The number of rotatable bonds is 4. The van der Waals surface area contributed by atoms with Crippen LogP contribution >= 0.6 is 47.2 Å². The van der Waals surface area contributed by atoms with Gasteiger partial charge in [0.2, 0.25) is 0 Å². The number of hydrogen-bond acceptors (Lipinski definition) is 5. The van der Waals surface area contributed by atoms with Crippen LogP contribution in [0.4, 0.5) is 5.69 Å². The van der Waals surface area contributed by atoms with E-state index >= 15 is 0 Å². The molecule has 0 bridgehead atoms. The van der Waals surface area contributed by atoms with Gasteiger partial charge in [0.15, 0.2) is 4.32 Å². The number of halogens is 2. The van der Waals surface area contributed by atoms with E-state index in [9.17, 15) is 14.4 Å². The Morgan fingerprint density at radius 3 is 2.20 bits per heavy atom. The predicted octanol–water partition coefficient (Wildman–Crippen LogP) is 5.46. The van der Waals surface area contributed by atoms with E-state index < -0.39 is 11.8 Å². The van der Waals surface area contributed by atoms with Gasteiger partial charge in [0, 0.05) is 21.2 Å². The van der Waals surface area contributed by atoms with Gasteiger partial charge in [-0.15, -0.1) is 0 Å². The predicted molar refractivity (Wildman–Crippen MR) is 142 cm³/mol. The maximum absolute atomic E-state index is 13.6. The molecule has 0 aromatic heterocycles. The molecule has 0 aliphatic carbocycles. The molecule has 6 nitrogen and oxygen atoms in total. The Morgan fingerprint density at radius 1 is 0.886 bits per heavy atom. The molecular weight excluding hydrogens is 525 g/mol. The van der Waals surface area contributed by atoms with E-state index in [1.54, 1.807) is 53.4 Å². The highest BCUT2D eigenvalue weighted by molar-refractivity contribution is 8.26. The minimum absolute atomic E-state index is 0.126. The number of nitrogens with zero attached hydrogens (tertiary/aromatic N) is 2. The summed E-state index contributed by atoms with van der Waals surface area (Å²) in [5, 5.41) is 2.09. The van der Waals surface area contributed by atoms with Crippen molar-refractivity contribution in [2.75, 3.05) is 4.90 Å². The molecule has 0 atom stereocenters. The van der Waals surface area contributed by atoms with Crippen LogP contribution in [0.1, 0.15) is 21.5 Å². The summed E-state index contributed by atoms with van der Waals surface area (Å²) < 4.78 is 0.126. The maximum Gasteiger partial charge on any atom is 0.286 e. The van der Waals surface area contributed by atoms with Crippen molar-refractivity contribution in [3.63, 3.8) is 0 Å². The number of para-hydroxylation sites is 1. The van der Waals surface area contributed by atoms with E-state index in [4.69, 9.17) is 35.4 Å². The minimum Gasteiger partial charge on any atom is -0.303 e. The molecule has 0 radical (unpaired) electrons. The molecule has 2 aliphatic heterocycles. The van der Waals surface area contributed by atoms with E-state index in [-0.39, 0.29) is 20.7 Å². The molecule has 1 saturated heterocycles. The summed E-state index contributed by atoms with van der Waals surface area (Å²) in [5.41, 5.74) is 5.32. The maximum atomic E-state index is 13.6. The van der Waals surface area contributed by atoms with Gasteiger partial charge in [0.05, 0.1) is 22.7 Å². The number of amides is 3. The van der Waals surface area contributed by atoms with Gasteiger partial charge in [-0.2, -0.15) is 5.01 Å². The van der Waals surface area contributed by atoms with Gasteiger partial charge < -0.3 is 4.90 Å². The fraction of sp³-hybridized carbons (Fsp3) is 0.0400. The van der Waals surface area contributed by atoms with Crippen LogP contribution in [0.3, 0.4) is 0 Å². The highest BCUT2D eigenvalue weighted by Gasteiger charge is 2.42. The quantitative estimate of drug-likeness (QED) is 0.352. The van der Waals surface area contributed by atoms with Crippen molar-refractivity contribution >= 4 is 80.5 Å². The van der Waals surface area contributed by atoms with Gasteiger partial charge in [0.1, 0.15) is 0 Å². The van der Waals surface area contributed by atoms with Gasteiger partial charge in [-0.3, -0.25) is 19.8 Å². The van der Waals surface area contributed by atoms with Crippen LogP contribution in [0.15, 0.2) is 77.7 Å².